The lowest BCUT2D eigenvalue weighted by atomic mass is 10.1. The molecule has 1 N–H and O–H groups in total. The molecule has 2 aromatic rings. The second-order valence-corrected chi connectivity index (χ2v) is 6.48. The highest BCUT2D eigenvalue weighted by Crippen LogP contribution is 2.37. The molecule has 0 aromatic heterocycles. The fourth-order valence-electron chi connectivity index (χ4n) is 1.95. The number of amides is 1. The van der Waals surface area contributed by atoms with E-state index >= 15 is 0 Å². The molecule has 0 spiro atoms. The molecule has 0 aliphatic carbocycles. The van der Waals surface area contributed by atoms with E-state index in [1.807, 2.05) is 31.2 Å². The van der Waals surface area contributed by atoms with Gasteiger partial charge in [0.1, 0.15) is 0 Å². The van der Waals surface area contributed by atoms with Gasteiger partial charge in [-0.3, -0.25) is 4.79 Å². The van der Waals surface area contributed by atoms with Gasteiger partial charge in [0.2, 0.25) is 0 Å². The van der Waals surface area contributed by atoms with Crippen LogP contribution in [0.2, 0.25) is 0 Å². The van der Waals surface area contributed by atoms with E-state index in [4.69, 9.17) is 9.47 Å². The van der Waals surface area contributed by atoms with Gasteiger partial charge in [-0.05, 0) is 62.5 Å². The summed E-state index contributed by atoms with van der Waals surface area (Å²) in [7, 11) is 1.55. The summed E-state index contributed by atoms with van der Waals surface area (Å²) in [5, 5.41) is 2.86. The van der Waals surface area contributed by atoms with E-state index in [0.29, 0.717) is 33.8 Å². The van der Waals surface area contributed by atoms with Crippen molar-refractivity contribution >= 4 is 43.5 Å². The Balaban J connectivity index is 2.27. The lowest BCUT2D eigenvalue weighted by Crippen LogP contribution is -2.13. The third-order valence-electron chi connectivity index (χ3n) is 3.06. The molecule has 1 amide bonds. The molecule has 0 unspecified atom stereocenters. The molecule has 0 aliphatic rings. The summed E-state index contributed by atoms with van der Waals surface area (Å²) in [4.78, 5) is 12.5. The van der Waals surface area contributed by atoms with Crippen LogP contribution < -0.4 is 14.8 Å². The number of nitrogens with one attached hydrogen (secondary N) is 1. The van der Waals surface area contributed by atoms with Crippen molar-refractivity contribution in [2.45, 2.75) is 13.3 Å². The minimum atomic E-state index is -0.224. The van der Waals surface area contributed by atoms with Crippen LogP contribution in [0.15, 0.2) is 45.3 Å². The van der Waals surface area contributed by atoms with E-state index < -0.39 is 0 Å². The lowest BCUT2D eigenvalue weighted by Gasteiger charge is -2.14. The van der Waals surface area contributed by atoms with E-state index in [0.717, 1.165) is 10.9 Å². The standard InChI is InChI=1S/C17H17Br2NO3/c1-3-8-23-16-13(19)9-11(10-15(16)22-2)17(21)20-14-7-5-4-6-12(14)18/h4-7,9-10H,3,8H2,1-2H3,(H,20,21). The van der Waals surface area contributed by atoms with Crippen molar-refractivity contribution in [1.29, 1.82) is 0 Å². The maximum Gasteiger partial charge on any atom is 0.255 e. The number of halogens is 2. The van der Waals surface area contributed by atoms with Gasteiger partial charge in [0.25, 0.3) is 5.91 Å². The van der Waals surface area contributed by atoms with Crippen molar-refractivity contribution in [1.82, 2.24) is 0 Å². The summed E-state index contributed by atoms with van der Waals surface area (Å²) in [5.74, 6) is 0.898. The maximum absolute atomic E-state index is 12.5. The number of anilines is 1. The third-order valence-corrected chi connectivity index (χ3v) is 4.34. The predicted octanol–water partition coefficient (Wildman–Crippen LogP) is 5.26. The summed E-state index contributed by atoms with van der Waals surface area (Å²) < 4.78 is 12.5. The molecule has 0 heterocycles. The number of carbonyl (C=O) groups excluding carboxylic acids is 1. The number of para-hydroxylation sites is 1. The molecular weight excluding hydrogens is 426 g/mol. The van der Waals surface area contributed by atoms with Crippen LogP contribution in [-0.2, 0) is 0 Å². The SMILES string of the molecule is CCCOc1c(Br)cc(C(=O)Nc2ccccc2Br)cc1OC. The van der Waals surface area contributed by atoms with E-state index in [1.54, 1.807) is 19.2 Å². The average Bonchev–Trinajstić information content (AvgIpc) is 2.55. The summed E-state index contributed by atoms with van der Waals surface area (Å²) in [5.41, 5.74) is 1.19. The van der Waals surface area contributed by atoms with E-state index in [-0.39, 0.29) is 5.91 Å². The number of methoxy groups -OCH3 is 1. The highest BCUT2D eigenvalue weighted by atomic mass is 79.9. The summed E-state index contributed by atoms with van der Waals surface area (Å²) in [6.45, 7) is 2.61. The summed E-state index contributed by atoms with van der Waals surface area (Å²) in [6.07, 6.45) is 0.889. The minimum absolute atomic E-state index is 0.224. The van der Waals surface area contributed by atoms with Crippen molar-refractivity contribution in [3.05, 3.63) is 50.9 Å². The van der Waals surface area contributed by atoms with Gasteiger partial charge in [-0.2, -0.15) is 0 Å². The van der Waals surface area contributed by atoms with Gasteiger partial charge in [-0.25, -0.2) is 0 Å². The zero-order valence-electron chi connectivity index (χ0n) is 12.9. The van der Waals surface area contributed by atoms with Crippen LogP contribution in [0.3, 0.4) is 0 Å². The molecule has 0 radical (unpaired) electrons. The molecule has 0 bridgehead atoms. The Morgan fingerprint density at radius 3 is 2.57 bits per heavy atom. The Hall–Kier alpha value is -1.53. The van der Waals surface area contributed by atoms with Gasteiger partial charge in [-0.15, -0.1) is 0 Å². The van der Waals surface area contributed by atoms with Gasteiger partial charge in [0.05, 0.1) is 23.9 Å². The molecule has 0 saturated carbocycles. The molecule has 2 rings (SSSR count). The van der Waals surface area contributed by atoms with Crippen LogP contribution in [0.5, 0.6) is 11.5 Å². The zero-order valence-corrected chi connectivity index (χ0v) is 16.0. The smallest absolute Gasteiger partial charge is 0.255 e. The van der Waals surface area contributed by atoms with Crippen LogP contribution >= 0.6 is 31.9 Å². The van der Waals surface area contributed by atoms with Crippen molar-refractivity contribution in [3.63, 3.8) is 0 Å². The minimum Gasteiger partial charge on any atom is -0.493 e. The molecule has 2 aromatic carbocycles. The Kier molecular flexibility index (Phi) is 6.47. The largest absolute Gasteiger partial charge is 0.493 e. The Morgan fingerprint density at radius 2 is 1.91 bits per heavy atom. The number of hydrogen-bond donors (Lipinski definition) is 1. The molecule has 23 heavy (non-hydrogen) atoms. The van der Waals surface area contributed by atoms with Crippen molar-refractivity contribution in [3.8, 4) is 11.5 Å². The topological polar surface area (TPSA) is 47.6 Å². The van der Waals surface area contributed by atoms with Crippen LogP contribution in [-0.4, -0.2) is 19.6 Å². The van der Waals surface area contributed by atoms with Gasteiger partial charge < -0.3 is 14.8 Å². The second-order valence-electron chi connectivity index (χ2n) is 4.77. The molecule has 4 nitrogen and oxygen atoms in total. The molecule has 0 saturated heterocycles. The van der Waals surface area contributed by atoms with Crippen LogP contribution in [0.4, 0.5) is 5.69 Å². The molecule has 0 aliphatic heterocycles. The van der Waals surface area contributed by atoms with Gasteiger partial charge in [0.15, 0.2) is 11.5 Å². The fraction of sp³-hybridized carbons (Fsp3) is 0.235. The molecule has 6 heteroatoms. The van der Waals surface area contributed by atoms with Gasteiger partial charge >= 0.3 is 0 Å². The number of carbonyl (C=O) groups is 1. The summed E-state index contributed by atoms with van der Waals surface area (Å²) in [6, 6.07) is 10.8. The van der Waals surface area contributed by atoms with Crippen LogP contribution in [0, 0.1) is 0 Å². The monoisotopic (exact) mass is 441 g/mol. The number of ether oxygens (including phenoxy) is 2. The zero-order chi connectivity index (χ0) is 16.8. The second kappa shape index (κ2) is 8.36. The maximum atomic E-state index is 12.5. The van der Waals surface area contributed by atoms with Crippen molar-refractivity contribution < 1.29 is 14.3 Å². The first-order chi connectivity index (χ1) is 11.1. The highest BCUT2D eigenvalue weighted by molar-refractivity contribution is 9.11. The first-order valence-electron chi connectivity index (χ1n) is 7.13. The van der Waals surface area contributed by atoms with Crippen LogP contribution in [0.1, 0.15) is 23.7 Å². The average molecular weight is 443 g/mol. The predicted molar refractivity (Wildman–Crippen MR) is 98.6 cm³/mol. The van der Waals surface area contributed by atoms with Gasteiger partial charge in [-0.1, -0.05) is 19.1 Å². The normalized spacial score (nSPS) is 10.3. The van der Waals surface area contributed by atoms with E-state index in [1.165, 1.54) is 0 Å². The number of rotatable bonds is 6. The molecular formula is C17H17Br2NO3. The first kappa shape index (κ1) is 17.8. The lowest BCUT2D eigenvalue weighted by molar-refractivity contribution is 0.102. The molecule has 0 fully saturated rings. The summed E-state index contributed by atoms with van der Waals surface area (Å²) >= 11 is 6.85. The first-order valence-corrected chi connectivity index (χ1v) is 8.71. The van der Waals surface area contributed by atoms with Crippen molar-refractivity contribution in [2.75, 3.05) is 19.0 Å². The Labute approximate surface area is 152 Å². The van der Waals surface area contributed by atoms with Crippen molar-refractivity contribution in [2.24, 2.45) is 0 Å². The van der Waals surface area contributed by atoms with Gasteiger partial charge in [0, 0.05) is 10.0 Å². The quantitative estimate of drug-likeness (QED) is 0.663. The molecule has 122 valence electrons. The van der Waals surface area contributed by atoms with E-state index in [9.17, 15) is 4.79 Å². The molecule has 0 atom stereocenters. The highest BCUT2D eigenvalue weighted by Gasteiger charge is 2.16. The number of benzene rings is 2. The third kappa shape index (κ3) is 4.48. The number of hydrogen-bond acceptors (Lipinski definition) is 3. The van der Waals surface area contributed by atoms with Crippen LogP contribution in [0.25, 0.3) is 0 Å². The Morgan fingerprint density at radius 1 is 1.17 bits per heavy atom. The fourth-order valence-corrected chi connectivity index (χ4v) is 2.89. The Bertz CT molecular complexity index is 704. The van der Waals surface area contributed by atoms with E-state index in [2.05, 4.69) is 37.2 Å².